The number of alkyl halides is 3. The Hall–Kier alpha value is -3.73. The molecule has 2 aromatic carbocycles. The highest BCUT2D eigenvalue weighted by molar-refractivity contribution is 6.31. The topological polar surface area (TPSA) is 96.0 Å². The lowest BCUT2D eigenvalue weighted by molar-refractivity contribution is -0.137. The van der Waals surface area contributed by atoms with Gasteiger partial charge in [-0.1, -0.05) is 11.6 Å². The summed E-state index contributed by atoms with van der Waals surface area (Å²) in [5, 5.41) is 7.18. The van der Waals surface area contributed by atoms with Crippen molar-refractivity contribution in [1.29, 1.82) is 0 Å². The maximum atomic E-state index is 14.5. The predicted molar refractivity (Wildman–Crippen MR) is 122 cm³/mol. The average Bonchev–Trinajstić information content (AvgIpc) is 3.63. The fourth-order valence-electron chi connectivity index (χ4n) is 3.51. The molecular formula is C23H18ClF4N5O2. The number of carbonyl (C=O) groups excluding carboxylic acids is 2. The van der Waals surface area contributed by atoms with Crippen LogP contribution in [0.5, 0.6) is 0 Å². The average molecular weight is 508 g/mol. The highest BCUT2D eigenvalue weighted by Gasteiger charge is 2.53. The third-order valence-electron chi connectivity index (χ3n) is 5.60. The molecule has 0 bridgehead atoms. The molecule has 0 saturated heterocycles. The van der Waals surface area contributed by atoms with Gasteiger partial charge in [0, 0.05) is 24.4 Å². The predicted octanol–water partition coefficient (Wildman–Crippen LogP) is 5.25. The van der Waals surface area contributed by atoms with E-state index in [1.54, 1.807) is 13.1 Å². The van der Waals surface area contributed by atoms with Crippen LogP contribution in [0.2, 0.25) is 5.02 Å². The van der Waals surface area contributed by atoms with Crippen molar-refractivity contribution in [3.8, 4) is 0 Å². The van der Waals surface area contributed by atoms with E-state index in [-0.39, 0.29) is 16.9 Å². The molecule has 4 rings (SSSR count). The maximum absolute atomic E-state index is 14.5. The first-order chi connectivity index (χ1) is 16.5. The summed E-state index contributed by atoms with van der Waals surface area (Å²) in [7, 11) is 1.67. The van der Waals surface area contributed by atoms with Crippen LogP contribution in [0.4, 0.5) is 34.8 Å². The highest BCUT2D eigenvalue weighted by Crippen LogP contribution is 2.48. The molecule has 0 spiro atoms. The molecule has 3 N–H and O–H groups in total. The Balaban J connectivity index is 1.53. The molecule has 1 aromatic heterocycles. The number of anilines is 3. The number of hydrogen-bond donors (Lipinski definition) is 3. The van der Waals surface area contributed by atoms with Gasteiger partial charge in [-0.2, -0.15) is 13.2 Å². The normalized spacial score (nSPS) is 14.2. The summed E-state index contributed by atoms with van der Waals surface area (Å²) >= 11 is 5.60. The molecule has 0 atom stereocenters. The molecule has 0 aliphatic heterocycles. The first-order valence-electron chi connectivity index (χ1n) is 10.3. The van der Waals surface area contributed by atoms with Crippen molar-refractivity contribution in [1.82, 2.24) is 9.97 Å². The summed E-state index contributed by atoms with van der Waals surface area (Å²) in [6, 6.07) is 7.79. The number of carbonyl (C=O) groups is 2. The minimum absolute atomic E-state index is 0.0745. The molecule has 7 nitrogen and oxygen atoms in total. The summed E-state index contributed by atoms with van der Waals surface area (Å²) in [5.74, 6) is -1.56. The van der Waals surface area contributed by atoms with E-state index < -0.39 is 39.8 Å². The zero-order valence-corrected chi connectivity index (χ0v) is 18.9. The SMILES string of the molecule is CNc1cc(C2(C(=O)Nc3cc(C(=O)Nc4ccc(Cl)c(C(F)(F)F)c4)ccc3F)CC2)ncn1. The van der Waals surface area contributed by atoms with Gasteiger partial charge in [0.1, 0.15) is 18.0 Å². The Labute approximate surface area is 201 Å². The van der Waals surface area contributed by atoms with E-state index in [2.05, 4.69) is 25.9 Å². The molecule has 2 amide bonds. The summed E-state index contributed by atoms with van der Waals surface area (Å²) in [6.07, 6.45) is -2.39. The Morgan fingerprint density at radius 3 is 2.43 bits per heavy atom. The number of hydrogen-bond acceptors (Lipinski definition) is 5. The molecule has 3 aromatic rings. The van der Waals surface area contributed by atoms with E-state index in [0.717, 1.165) is 24.3 Å². The third-order valence-corrected chi connectivity index (χ3v) is 5.93. The first-order valence-corrected chi connectivity index (χ1v) is 10.7. The molecule has 1 fully saturated rings. The van der Waals surface area contributed by atoms with E-state index >= 15 is 0 Å². The van der Waals surface area contributed by atoms with Gasteiger partial charge in [0.05, 0.1) is 27.4 Å². The van der Waals surface area contributed by atoms with Gasteiger partial charge in [-0.3, -0.25) is 9.59 Å². The fraction of sp³-hybridized carbons (Fsp3) is 0.217. The quantitative estimate of drug-likeness (QED) is 0.396. The number of rotatable bonds is 6. The summed E-state index contributed by atoms with van der Waals surface area (Å²) in [4.78, 5) is 33.8. The fourth-order valence-corrected chi connectivity index (χ4v) is 3.73. The number of aromatic nitrogens is 2. The number of amides is 2. The van der Waals surface area contributed by atoms with Crippen LogP contribution < -0.4 is 16.0 Å². The first kappa shape index (κ1) is 24.4. The van der Waals surface area contributed by atoms with Crippen LogP contribution in [-0.2, 0) is 16.4 Å². The molecule has 1 heterocycles. The molecular weight excluding hydrogens is 490 g/mol. The van der Waals surface area contributed by atoms with E-state index in [0.29, 0.717) is 30.4 Å². The lowest BCUT2D eigenvalue weighted by Gasteiger charge is -2.16. The van der Waals surface area contributed by atoms with Crippen LogP contribution in [-0.4, -0.2) is 28.8 Å². The van der Waals surface area contributed by atoms with E-state index in [1.165, 1.54) is 12.4 Å². The van der Waals surface area contributed by atoms with Gasteiger partial charge in [-0.25, -0.2) is 14.4 Å². The molecule has 35 heavy (non-hydrogen) atoms. The monoisotopic (exact) mass is 507 g/mol. The van der Waals surface area contributed by atoms with Crippen LogP contribution in [0.15, 0.2) is 48.8 Å². The molecule has 182 valence electrons. The Morgan fingerprint density at radius 2 is 1.77 bits per heavy atom. The van der Waals surface area contributed by atoms with Gasteiger partial charge in [0.2, 0.25) is 5.91 Å². The number of nitrogens with one attached hydrogen (secondary N) is 3. The van der Waals surface area contributed by atoms with Gasteiger partial charge < -0.3 is 16.0 Å². The lowest BCUT2D eigenvalue weighted by atomic mass is 10.0. The van der Waals surface area contributed by atoms with Crippen molar-refractivity contribution in [2.45, 2.75) is 24.4 Å². The maximum Gasteiger partial charge on any atom is 0.417 e. The molecule has 1 aliphatic rings. The zero-order chi connectivity index (χ0) is 25.4. The van der Waals surface area contributed by atoms with Crippen molar-refractivity contribution >= 4 is 40.6 Å². The van der Waals surface area contributed by atoms with Crippen LogP contribution in [0, 0.1) is 5.82 Å². The standard InChI is InChI=1S/C23H18ClF4N5O2/c1-29-19-10-18(30-11-31-19)22(6-7-22)21(35)33-17-8-12(2-5-16(17)25)20(34)32-13-3-4-15(24)14(9-13)23(26,27)28/h2-5,8-11H,6-7H2,1H3,(H,32,34)(H,33,35)(H,29,30,31). The summed E-state index contributed by atoms with van der Waals surface area (Å²) < 4.78 is 53.7. The van der Waals surface area contributed by atoms with Crippen LogP contribution in [0.1, 0.15) is 34.5 Å². The minimum Gasteiger partial charge on any atom is -0.373 e. The van der Waals surface area contributed by atoms with Crippen molar-refractivity contribution in [2.24, 2.45) is 0 Å². The van der Waals surface area contributed by atoms with Gasteiger partial charge in [-0.15, -0.1) is 0 Å². The van der Waals surface area contributed by atoms with Crippen molar-refractivity contribution in [3.63, 3.8) is 0 Å². The van der Waals surface area contributed by atoms with Gasteiger partial charge in [0.15, 0.2) is 0 Å². The molecule has 0 unspecified atom stereocenters. The Bertz CT molecular complexity index is 1310. The van der Waals surface area contributed by atoms with E-state index in [1.807, 2.05) is 0 Å². The van der Waals surface area contributed by atoms with Crippen LogP contribution in [0.3, 0.4) is 0 Å². The third kappa shape index (κ3) is 5.04. The van der Waals surface area contributed by atoms with Gasteiger partial charge >= 0.3 is 6.18 Å². The lowest BCUT2D eigenvalue weighted by Crippen LogP contribution is -2.29. The molecule has 0 radical (unpaired) electrons. The zero-order valence-electron chi connectivity index (χ0n) is 18.1. The number of benzene rings is 2. The molecule has 12 heteroatoms. The second-order valence-corrected chi connectivity index (χ2v) is 8.32. The van der Waals surface area contributed by atoms with E-state index in [9.17, 15) is 27.2 Å². The van der Waals surface area contributed by atoms with E-state index in [4.69, 9.17) is 11.6 Å². The second-order valence-electron chi connectivity index (χ2n) is 7.92. The number of halogens is 5. The van der Waals surface area contributed by atoms with Gasteiger partial charge in [0.25, 0.3) is 5.91 Å². The van der Waals surface area contributed by atoms with Crippen LogP contribution >= 0.6 is 11.6 Å². The Kier molecular flexibility index (Phi) is 6.37. The van der Waals surface area contributed by atoms with Gasteiger partial charge in [-0.05, 0) is 49.2 Å². The molecule has 1 saturated carbocycles. The van der Waals surface area contributed by atoms with Crippen LogP contribution in [0.25, 0.3) is 0 Å². The molecule has 1 aliphatic carbocycles. The van der Waals surface area contributed by atoms with Crippen molar-refractivity contribution < 1.29 is 27.2 Å². The largest absolute Gasteiger partial charge is 0.417 e. The summed E-state index contributed by atoms with van der Waals surface area (Å²) in [5.41, 5.74) is -2.05. The number of nitrogens with zero attached hydrogens (tertiary/aromatic N) is 2. The second kappa shape index (κ2) is 9.14. The highest BCUT2D eigenvalue weighted by atomic mass is 35.5. The minimum atomic E-state index is -4.71. The van der Waals surface area contributed by atoms with Crippen molar-refractivity contribution in [2.75, 3.05) is 23.0 Å². The van der Waals surface area contributed by atoms with Crippen molar-refractivity contribution in [3.05, 3.63) is 76.5 Å². The smallest absolute Gasteiger partial charge is 0.373 e. The summed E-state index contributed by atoms with van der Waals surface area (Å²) in [6.45, 7) is 0. The Morgan fingerprint density at radius 1 is 1.03 bits per heavy atom.